The van der Waals surface area contributed by atoms with Gasteiger partial charge in [-0.1, -0.05) is 36.9 Å². The number of carbonyl (C=O) groups is 1. The van der Waals surface area contributed by atoms with Gasteiger partial charge in [0.2, 0.25) is 5.91 Å². The van der Waals surface area contributed by atoms with Crippen molar-refractivity contribution >= 4 is 11.7 Å². The standard InChI is InChI=1S/C17H25N3O2/c1-14(12-19(4)15(2)22)17(18-3)20(10-11-21)13-16-8-6-5-7-9-16/h5-9,21H,1,10-13H2,2-4H3. The Balaban J connectivity index is 2.86. The highest BCUT2D eigenvalue weighted by molar-refractivity contribution is 5.98. The predicted molar refractivity (Wildman–Crippen MR) is 89.7 cm³/mol. The second-order valence-corrected chi connectivity index (χ2v) is 5.16. The molecule has 0 aliphatic carbocycles. The van der Waals surface area contributed by atoms with E-state index in [1.54, 1.807) is 19.0 Å². The number of nitrogens with zero attached hydrogens (tertiary/aromatic N) is 3. The van der Waals surface area contributed by atoms with Gasteiger partial charge in [0.15, 0.2) is 0 Å². The quantitative estimate of drug-likeness (QED) is 0.614. The number of amidine groups is 1. The van der Waals surface area contributed by atoms with Gasteiger partial charge in [-0.15, -0.1) is 0 Å². The Kier molecular flexibility index (Phi) is 7.32. The first-order valence-corrected chi connectivity index (χ1v) is 7.26. The van der Waals surface area contributed by atoms with Gasteiger partial charge in [-0.05, 0) is 5.56 Å². The summed E-state index contributed by atoms with van der Waals surface area (Å²) in [5, 5.41) is 9.32. The topological polar surface area (TPSA) is 56.1 Å². The largest absolute Gasteiger partial charge is 0.395 e. The van der Waals surface area contributed by atoms with Crippen molar-refractivity contribution in [1.82, 2.24) is 9.80 Å². The van der Waals surface area contributed by atoms with Crippen LogP contribution >= 0.6 is 0 Å². The lowest BCUT2D eigenvalue weighted by Crippen LogP contribution is -2.37. The van der Waals surface area contributed by atoms with E-state index in [0.29, 0.717) is 25.5 Å². The molecule has 22 heavy (non-hydrogen) atoms. The van der Waals surface area contributed by atoms with Crippen molar-refractivity contribution in [2.45, 2.75) is 13.5 Å². The van der Waals surface area contributed by atoms with Gasteiger partial charge >= 0.3 is 0 Å². The fourth-order valence-corrected chi connectivity index (χ4v) is 2.18. The van der Waals surface area contributed by atoms with Crippen molar-refractivity contribution in [3.8, 4) is 0 Å². The lowest BCUT2D eigenvalue weighted by molar-refractivity contribution is -0.127. The van der Waals surface area contributed by atoms with Gasteiger partial charge in [-0.2, -0.15) is 0 Å². The molecule has 5 nitrogen and oxygen atoms in total. The molecule has 1 aromatic carbocycles. The number of rotatable bonds is 7. The molecule has 1 rings (SSSR count). The molecule has 1 amide bonds. The maximum atomic E-state index is 11.4. The molecule has 0 saturated heterocycles. The number of aliphatic imine (C=N–C) groups is 1. The molecule has 0 fully saturated rings. The molecule has 0 bridgehead atoms. The summed E-state index contributed by atoms with van der Waals surface area (Å²) in [6, 6.07) is 9.99. The van der Waals surface area contributed by atoms with Gasteiger partial charge in [0.05, 0.1) is 6.61 Å². The number of amides is 1. The second-order valence-electron chi connectivity index (χ2n) is 5.16. The third-order valence-electron chi connectivity index (χ3n) is 3.38. The maximum Gasteiger partial charge on any atom is 0.219 e. The summed E-state index contributed by atoms with van der Waals surface area (Å²) in [5.74, 6) is 0.694. The number of aliphatic hydroxyl groups excluding tert-OH is 1. The van der Waals surface area contributed by atoms with Gasteiger partial charge in [0, 0.05) is 46.2 Å². The molecule has 0 unspecified atom stereocenters. The molecule has 0 aliphatic heterocycles. The summed E-state index contributed by atoms with van der Waals surface area (Å²) in [7, 11) is 3.43. The minimum atomic E-state index is -0.0200. The Morgan fingerprint density at radius 1 is 1.32 bits per heavy atom. The van der Waals surface area contributed by atoms with Crippen LogP contribution in [0.4, 0.5) is 0 Å². The Bertz CT molecular complexity index is 526. The molecule has 0 aliphatic rings. The molecule has 0 heterocycles. The van der Waals surface area contributed by atoms with Crippen LogP contribution in [0.15, 0.2) is 47.5 Å². The Labute approximate surface area is 132 Å². The predicted octanol–water partition coefficient (Wildman–Crippen LogP) is 1.54. The average Bonchev–Trinajstić information content (AvgIpc) is 2.49. The van der Waals surface area contributed by atoms with Gasteiger partial charge in [0.25, 0.3) is 0 Å². The van der Waals surface area contributed by atoms with E-state index >= 15 is 0 Å². The van der Waals surface area contributed by atoms with Crippen LogP contribution in [0, 0.1) is 0 Å². The summed E-state index contributed by atoms with van der Waals surface area (Å²) >= 11 is 0. The first-order valence-electron chi connectivity index (χ1n) is 7.26. The first kappa shape index (κ1) is 17.9. The summed E-state index contributed by atoms with van der Waals surface area (Å²) < 4.78 is 0. The first-order chi connectivity index (χ1) is 10.5. The number of hydrogen-bond acceptors (Lipinski definition) is 3. The molecular formula is C17H25N3O2. The van der Waals surface area contributed by atoms with E-state index in [1.807, 2.05) is 35.2 Å². The van der Waals surface area contributed by atoms with Gasteiger partial charge in [-0.3, -0.25) is 9.79 Å². The third-order valence-corrected chi connectivity index (χ3v) is 3.38. The highest BCUT2D eigenvalue weighted by Crippen LogP contribution is 2.10. The van der Waals surface area contributed by atoms with Gasteiger partial charge in [-0.25, -0.2) is 0 Å². The zero-order chi connectivity index (χ0) is 16.5. The van der Waals surface area contributed by atoms with E-state index in [4.69, 9.17) is 0 Å². The lowest BCUT2D eigenvalue weighted by atomic mass is 10.1. The number of likely N-dealkylation sites (N-methyl/N-ethyl adjacent to an activating group) is 1. The van der Waals surface area contributed by atoms with Crippen molar-refractivity contribution in [3.05, 3.63) is 48.0 Å². The summed E-state index contributed by atoms with van der Waals surface area (Å²) in [6.07, 6.45) is 0. The molecule has 1 aromatic rings. The van der Waals surface area contributed by atoms with Crippen LogP contribution in [0.25, 0.3) is 0 Å². The summed E-state index contributed by atoms with van der Waals surface area (Å²) in [4.78, 5) is 19.2. The Morgan fingerprint density at radius 2 is 1.95 bits per heavy atom. The van der Waals surface area contributed by atoms with Crippen LogP contribution < -0.4 is 0 Å². The molecule has 0 atom stereocenters. The van der Waals surface area contributed by atoms with E-state index in [1.165, 1.54) is 6.92 Å². The highest BCUT2D eigenvalue weighted by atomic mass is 16.3. The van der Waals surface area contributed by atoms with Crippen LogP contribution in [0.2, 0.25) is 0 Å². The molecule has 0 radical (unpaired) electrons. The van der Waals surface area contributed by atoms with Crippen LogP contribution in [-0.4, -0.2) is 60.4 Å². The molecule has 120 valence electrons. The van der Waals surface area contributed by atoms with E-state index in [0.717, 1.165) is 11.1 Å². The van der Waals surface area contributed by atoms with Crippen LogP contribution in [0.5, 0.6) is 0 Å². The van der Waals surface area contributed by atoms with Gasteiger partial charge < -0.3 is 14.9 Å². The fraction of sp³-hybridized carbons (Fsp3) is 0.412. The second kappa shape index (κ2) is 9.00. The molecular weight excluding hydrogens is 278 g/mol. The SMILES string of the molecule is C=C(CN(C)C(C)=O)C(=NC)N(CCO)Cc1ccccc1. The lowest BCUT2D eigenvalue weighted by Gasteiger charge is -2.28. The van der Waals surface area contributed by atoms with Crippen LogP contribution in [0.1, 0.15) is 12.5 Å². The monoisotopic (exact) mass is 303 g/mol. The minimum absolute atomic E-state index is 0.0200. The normalized spacial score (nSPS) is 11.2. The third kappa shape index (κ3) is 5.33. The van der Waals surface area contributed by atoms with Crippen LogP contribution in [0.3, 0.4) is 0 Å². The molecule has 0 saturated carbocycles. The fourth-order valence-electron chi connectivity index (χ4n) is 2.18. The van der Waals surface area contributed by atoms with E-state index < -0.39 is 0 Å². The molecule has 1 N–H and O–H groups in total. The van der Waals surface area contributed by atoms with Crippen molar-refractivity contribution in [2.24, 2.45) is 4.99 Å². The zero-order valence-electron chi connectivity index (χ0n) is 13.6. The van der Waals surface area contributed by atoms with Gasteiger partial charge in [0.1, 0.15) is 5.84 Å². The van der Waals surface area contributed by atoms with E-state index in [2.05, 4.69) is 11.6 Å². The molecule has 0 spiro atoms. The highest BCUT2D eigenvalue weighted by Gasteiger charge is 2.16. The Hall–Kier alpha value is -2.14. The Morgan fingerprint density at radius 3 is 2.45 bits per heavy atom. The van der Waals surface area contributed by atoms with Crippen molar-refractivity contribution in [1.29, 1.82) is 0 Å². The van der Waals surface area contributed by atoms with E-state index in [9.17, 15) is 9.90 Å². The van der Waals surface area contributed by atoms with Crippen molar-refractivity contribution in [3.63, 3.8) is 0 Å². The number of aliphatic hydroxyl groups is 1. The number of hydrogen-bond donors (Lipinski definition) is 1. The smallest absolute Gasteiger partial charge is 0.219 e. The maximum absolute atomic E-state index is 11.4. The summed E-state index contributed by atoms with van der Waals surface area (Å²) in [5.41, 5.74) is 1.88. The average molecular weight is 303 g/mol. The number of carbonyl (C=O) groups excluding carboxylic acids is 1. The van der Waals surface area contributed by atoms with E-state index in [-0.39, 0.29) is 12.5 Å². The minimum Gasteiger partial charge on any atom is -0.395 e. The van der Waals surface area contributed by atoms with Crippen molar-refractivity contribution in [2.75, 3.05) is 33.8 Å². The summed E-state index contributed by atoms with van der Waals surface area (Å²) in [6.45, 7) is 7.11. The van der Waals surface area contributed by atoms with Crippen LogP contribution in [-0.2, 0) is 11.3 Å². The zero-order valence-corrected chi connectivity index (χ0v) is 13.6. The van der Waals surface area contributed by atoms with Crippen molar-refractivity contribution < 1.29 is 9.90 Å². The molecule has 5 heteroatoms. The number of benzene rings is 1. The molecule has 0 aromatic heterocycles.